The van der Waals surface area contributed by atoms with Crippen molar-refractivity contribution in [3.8, 4) is 0 Å². The molecule has 1 saturated heterocycles. The second kappa shape index (κ2) is 3.22. The van der Waals surface area contributed by atoms with Gasteiger partial charge in [-0.3, -0.25) is 5.84 Å². The highest BCUT2D eigenvalue weighted by atomic mass is 16.5. The lowest BCUT2D eigenvalue weighted by Gasteiger charge is -2.18. The summed E-state index contributed by atoms with van der Waals surface area (Å²) in [7, 11) is 0. The van der Waals surface area contributed by atoms with Crippen molar-refractivity contribution in [3.05, 3.63) is 11.8 Å². The van der Waals surface area contributed by atoms with Gasteiger partial charge in [-0.05, 0) is 23.8 Å². The molecule has 0 aromatic carbocycles. The Morgan fingerprint density at radius 1 is 1.43 bits per heavy atom. The zero-order chi connectivity index (χ0) is 9.54. The van der Waals surface area contributed by atoms with Crippen LogP contribution < -0.4 is 11.3 Å². The first-order valence-electron chi connectivity index (χ1n) is 5.28. The van der Waals surface area contributed by atoms with Crippen molar-refractivity contribution in [2.45, 2.75) is 12.5 Å². The molecule has 4 nitrogen and oxygen atoms in total. The molecule has 0 spiro atoms. The van der Waals surface area contributed by atoms with Gasteiger partial charge in [0.15, 0.2) is 0 Å². The molecule has 14 heavy (non-hydrogen) atoms. The molecule has 3 unspecified atom stereocenters. The number of hydrazine groups is 1. The first kappa shape index (κ1) is 8.71. The molecule has 2 heterocycles. The summed E-state index contributed by atoms with van der Waals surface area (Å²) in [5.41, 5.74) is 2.89. The van der Waals surface area contributed by atoms with E-state index < -0.39 is 0 Å². The van der Waals surface area contributed by atoms with Crippen LogP contribution in [0.2, 0.25) is 0 Å². The van der Waals surface area contributed by atoms with Gasteiger partial charge in [-0.2, -0.15) is 0 Å². The topological polar surface area (TPSA) is 56.5 Å². The molecule has 78 valence electrons. The van der Waals surface area contributed by atoms with Crippen LogP contribution in [-0.2, 0) is 9.47 Å². The fourth-order valence-corrected chi connectivity index (χ4v) is 2.82. The molecule has 1 aliphatic carbocycles. The maximum absolute atomic E-state index is 5.59. The number of hydrogen-bond donors (Lipinski definition) is 2. The summed E-state index contributed by atoms with van der Waals surface area (Å²) in [4.78, 5) is 0. The number of fused-ring (bicyclic) bond motifs is 1. The molecule has 0 radical (unpaired) electrons. The van der Waals surface area contributed by atoms with Crippen molar-refractivity contribution >= 4 is 0 Å². The molecule has 3 aliphatic rings. The van der Waals surface area contributed by atoms with E-state index >= 15 is 0 Å². The fraction of sp³-hybridized carbons (Fsp3) is 0.800. The lowest BCUT2D eigenvalue weighted by Crippen LogP contribution is -2.40. The summed E-state index contributed by atoms with van der Waals surface area (Å²) < 4.78 is 10.9. The second-order valence-corrected chi connectivity index (χ2v) is 4.33. The molecule has 2 fully saturated rings. The lowest BCUT2D eigenvalue weighted by atomic mass is 10.1. The molecule has 3 N–H and O–H groups in total. The van der Waals surface area contributed by atoms with Crippen LogP contribution in [0.15, 0.2) is 11.8 Å². The van der Waals surface area contributed by atoms with Gasteiger partial charge in [0.25, 0.3) is 0 Å². The molecule has 0 bridgehead atoms. The molecule has 3 atom stereocenters. The van der Waals surface area contributed by atoms with Gasteiger partial charge in [-0.1, -0.05) is 0 Å². The lowest BCUT2D eigenvalue weighted by molar-refractivity contribution is 0.135. The summed E-state index contributed by atoms with van der Waals surface area (Å²) in [6.45, 7) is 2.62. The van der Waals surface area contributed by atoms with Crippen LogP contribution in [-0.4, -0.2) is 25.9 Å². The van der Waals surface area contributed by atoms with E-state index in [4.69, 9.17) is 15.3 Å². The average molecular weight is 196 g/mol. The van der Waals surface area contributed by atoms with E-state index in [1.807, 2.05) is 0 Å². The summed E-state index contributed by atoms with van der Waals surface area (Å²) in [6, 6.07) is 0.219. The minimum Gasteiger partial charge on any atom is -0.496 e. The summed E-state index contributed by atoms with van der Waals surface area (Å²) in [5.74, 6) is 8.69. The fourth-order valence-electron chi connectivity index (χ4n) is 2.82. The van der Waals surface area contributed by atoms with Crippen LogP contribution in [0, 0.1) is 17.8 Å². The zero-order valence-corrected chi connectivity index (χ0v) is 8.11. The number of nitrogens with two attached hydrogens (primary N) is 1. The predicted octanol–water partition coefficient (Wildman–Crippen LogP) is 0.0149. The first-order chi connectivity index (χ1) is 6.92. The molecular weight excluding hydrogens is 180 g/mol. The summed E-state index contributed by atoms with van der Waals surface area (Å²) in [6.07, 6.45) is 3.17. The molecular formula is C10H16N2O2. The Kier molecular flexibility index (Phi) is 2.00. The average Bonchev–Trinajstić information content (AvgIpc) is 2.67. The van der Waals surface area contributed by atoms with E-state index in [2.05, 4.69) is 11.5 Å². The van der Waals surface area contributed by atoms with E-state index in [9.17, 15) is 0 Å². The third kappa shape index (κ3) is 1.18. The minimum atomic E-state index is 0.219. The number of hydrogen-bond acceptors (Lipinski definition) is 4. The molecule has 0 amide bonds. The highest BCUT2D eigenvalue weighted by Crippen LogP contribution is 2.53. The van der Waals surface area contributed by atoms with Gasteiger partial charge in [0, 0.05) is 6.42 Å². The van der Waals surface area contributed by atoms with Gasteiger partial charge in [0.2, 0.25) is 0 Å². The third-order valence-corrected chi connectivity index (χ3v) is 3.62. The summed E-state index contributed by atoms with van der Waals surface area (Å²) in [5, 5.41) is 0. The second-order valence-electron chi connectivity index (χ2n) is 4.33. The highest BCUT2D eigenvalue weighted by Gasteiger charge is 2.58. The van der Waals surface area contributed by atoms with E-state index in [1.165, 1.54) is 0 Å². The first-order valence-corrected chi connectivity index (χ1v) is 5.28. The van der Waals surface area contributed by atoms with E-state index in [0.717, 1.165) is 32.0 Å². The minimum absolute atomic E-state index is 0.219. The SMILES string of the molecule is NNC(C1=CCCO1)C1C2COCC21. The highest BCUT2D eigenvalue weighted by molar-refractivity contribution is 5.17. The molecule has 0 aromatic heterocycles. The van der Waals surface area contributed by atoms with Gasteiger partial charge in [0.05, 0.1) is 25.9 Å². The van der Waals surface area contributed by atoms with Crippen LogP contribution in [0.1, 0.15) is 6.42 Å². The van der Waals surface area contributed by atoms with Crippen LogP contribution >= 0.6 is 0 Å². The van der Waals surface area contributed by atoms with E-state index in [-0.39, 0.29) is 6.04 Å². The van der Waals surface area contributed by atoms with E-state index in [0.29, 0.717) is 17.8 Å². The monoisotopic (exact) mass is 196 g/mol. The molecule has 3 rings (SSSR count). The van der Waals surface area contributed by atoms with Crippen LogP contribution in [0.4, 0.5) is 0 Å². The third-order valence-electron chi connectivity index (χ3n) is 3.62. The van der Waals surface area contributed by atoms with E-state index in [1.54, 1.807) is 0 Å². The largest absolute Gasteiger partial charge is 0.496 e. The van der Waals surface area contributed by atoms with Crippen LogP contribution in [0.5, 0.6) is 0 Å². The number of nitrogens with one attached hydrogen (secondary N) is 1. The van der Waals surface area contributed by atoms with Gasteiger partial charge in [0.1, 0.15) is 5.76 Å². The molecule has 0 aromatic rings. The van der Waals surface area contributed by atoms with Crippen molar-refractivity contribution in [1.82, 2.24) is 5.43 Å². The van der Waals surface area contributed by atoms with Gasteiger partial charge >= 0.3 is 0 Å². The van der Waals surface area contributed by atoms with Crippen molar-refractivity contribution < 1.29 is 9.47 Å². The maximum atomic E-state index is 5.59. The van der Waals surface area contributed by atoms with Gasteiger partial charge < -0.3 is 9.47 Å². The molecule has 4 heteroatoms. The Hall–Kier alpha value is -0.580. The van der Waals surface area contributed by atoms with Gasteiger partial charge in [-0.25, -0.2) is 5.43 Å². The number of ether oxygens (including phenoxy) is 2. The Morgan fingerprint density at radius 3 is 2.79 bits per heavy atom. The van der Waals surface area contributed by atoms with Crippen LogP contribution in [0.3, 0.4) is 0 Å². The van der Waals surface area contributed by atoms with Crippen molar-refractivity contribution in [3.63, 3.8) is 0 Å². The van der Waals surface area contributed by atoms with Crippen molar-refractivity contribution in [2.75, 3.05) is 19.8 Å². The van der Waals surface area contributed by atoms with Gasteiger partial charge in [-0.15, -0.1) is 0 Å². The maximum Gasteiger partial charge on any atom is 0.111 e. The number of rotatable bonds is 3. The molecule has 2 aliphatic heterocycles. The Labute approximate surface area is 83.4 Å². The smallest absolute Gasteiger partial charge is 0.111 e. The quantitative estimate of drug-likeness (QED) is 0.493. The predicted molar refractivity (Wildman–Crippen MR) is 51.1 cm³/mol. The Morgan fingerprint density at radius 2 is 2.21 bits per heavy atom. The van der Waals surface area contributed by atoms with Crippen molar-refractivity contribution in [2.24, 2.45) is 23.6 Å². The Bertz CT molecular complexity index is 257. The molecule has 1 saturated carbocycles. The summed E-state index contributed by atoms with van der Waals surface area (Å²) >= 11 is 0. The van der Waals surface area contributed by atoms with Crippen LogP contribution in [0.25, 0.3) is 0 Å². The zero-order valence-electron chi connectivity index (χ0n) is 8.11. The standard InChI is InChI=1S/C10H16N2O2/c11-12-10(8-2-1-3-14-8)9-6-4-13-5-7(6)9/h2,6-7,9-10,12H,1,3-5,11H2. The normalized spacial score (nSPS) is 41.5. The van der Waals surface area contributed by atoms with Crippen molar-refractivity contribution in [1.29, 1.82) is 0 Å². The Balaban J connectivity index is 1.70.